The van der Waals surface area contributed by atoms with E-state index in [1.165, 1.54) is 48.7 Å². The lowest BCUT2D eigenvalue weighted by Gasteiger charge is -2.38. The van der Waals surface area contributed by atoms with Gasteiger partial charge < -0.3 is 4.90 Å². The minimum absolute atomic E-state index is 0.716. The van der Waals surface area contributed by atoms with E-state index in [1.807, 2.05) is 0 Å². The van der Waals surface area contributed by atoms with Gasteiger partial charge in [0.25, 0.3) is 0 Å². The minimum Gasteiger partial charge on any atom is -0.367 e. The first-order valence-electron chi connectivity index (χ1n) is 8.62. The Balaban J connectivity index is 1.63. The van der Waals surface area contributed by atoms with Crippen LogP contribution in [-0.2, 0) is 0 Å². The number of para-hydroxylation sites is 1. The van der Waals surface area contributed by atoms with E-state index in [0.29, 0.717) is 5.92 Å². The zero-order chi connectivity index (χ0) is 15.1. The molecule has 0 spiro atoms. The van der Waals surface area contributed by atoms with E-state index in [2.05, 4.69) is 59.7 Å². The van der Waals surface area contributed by atoms with Gasteiger partial charge in [0, 0.05) is 43.0 Å². The molecule has 1 aromatic rings. The molecule has 3 heteroatoms. The monoisotopic (exact) mass is 314 g/mol. The number of benzene rings is 1. The van der Waals surface area contributed by atoms with Crippen LogP contribution in [0.1, 0.15) is 38.2 Å². The predicted octanol–water partition coefficient (Wildman–Crippen LogP) is 4.13. The van der Waals surface area contributed by atoms with E-state index < -0.39 is 0 Å². The van der Waals surface area contributed by atoms with Crippen LogP contribution < -0.4 is 4.90 Å². The van der Waals surface area contributed by atoms with Crippen molar-refractivity contribution in [2.24, 2.45) is 0 Å². The smallest absolute Gasteiger partial charge is 0.0543 e. The van der Waals surface area contributed by atoms with Crippen LogP contribution in [0, 0.1) is 0 Å². The Morgan fingerprint density at radius 1 is 1.32 bits per heavy atom. The van der Waals surface area contributed by atoms with Crippen LogP contribution >= 0.6 is 11.8 Å². The van der Waals surface area contributed by atoms with Crippen LogP contribution in [0.4, 0.5) is 5.69 Å². The number of fused-ring (bicyclic) bond motifs is 3. The van der Waals surface area contributed by atoms with E-state index in [9.17, 15) is 0 Å². The largest absolute Gasteiger partial charge is 0.367 e. The highest BCUT2D eigenvalue weighted by molar-refractivity contribution is 7.99. The predicted molar refractivity (Wildman–Crippen MR) is 96.1 cm³/mol. The molecular formula is C19H26N2S. The van der Waals surface area contributed by atoms with Crippen molar-refractivity contribution in [3.63, 3.8) is 0 Å². The van der Waals surface area contributed by atoms with E-state index in [-0.39, 0.29) is 0 Å². The summed E-state index contributed by atoms with van der Waals surface area (Å²) in [6.07, 6.45) is 5.02. The fourth-order valence-corrected chi connectivity index (χ4v) is 5.33. The van der Waals surface area contributed by atoms with Crippen molar-refractivity contribution in [2.45, 2.75) is 43.5 Å². The van der Waals surface area contributed by atoms with Crippen LogP contribution in [0.3, 0.4) is 0 Å². The van der Waals surface area contributed by atoms with Gasteiger partial charge >= 0.3 is 0 Å². The van der Waals surface area contributed by atoms with Gasteiger partial charge in [0.05, 0.1) is 5.69 Å². The Bertz CT molecular complexity index is 591. The third-order valence-corrected chi connectivity index (χ3v) is 6.47. The molecule has 1 aromatic carbocycles. The fraction of sp³-hybridized carbons (Fsp3) is 0.579. The zero-order valence-corrected chi connectivity index (χ0v) is 14.5. The summed E-state index contributed by atoms with van der Waals surface area (Å²) >= 11 is 2.06. The van der Waals surface area contributed by atoms with Crippen molar-refractivity contribution in [1.29, 1.82) is 0 Å². The van der Waals surface area contributed by atoms with Gasteiger partial charge in [-0.3, -0.25) is 4.90 Å². The molecule has 3 aliphatic heterocycles. The van der Waals surface area contributed by atoms with Gasteiger partial charge in [-0.15, -0.1) is 11.8 Å². The molecule has 1 saturated heterocycles. The van der Waals surface area contributed by atoms with E-state index >= 15 is 0 Å². The topological polar surface area (TPSA) is 6.48 Å². The number of anilines is 1. The summed E-state index contributed by atoms with van der Waals surface area (Å²) < 4.78 is 0. The SMILES string of the molecule is CC(C)=CCN1CCC2C(C1)c1cccc3c1N2CCCS3. The Morgan fingerprint density at radius 3 is 3.09 bits per heavy atom. The molecule has 0 amide bonds. The first kappa shape index (κ1) is 14.6. The van der Waals surface area contributed by atoms with Crippen molar-refractivity contribution in [3.8, 4) is 0 Å². The molecule has 3 heterocycles. The maximum absolute atomic E-state index is 2.76. The molecule has 22 heavy (non-hydrogen) atoms. The van der Waals surface area contributed by atoms with Crippen LogP contribution in [0.2, 0.25) is 0 Å². The molecule has 4 rings (SSSR count). The summed E-state index contributed by atoms with van der Waals surface area (Å²) in [6.45, 7) is 9.26. The van der Waals surface area contributed by atoms with E-state index in [1.54, 1.807) is 11.3 Å². The van der Waals surface area contributed by atoms with Gasteiger partial charge in [-0.05, 0) is 44.1 Å². The summed E-state index contributed by atoms with van der Waals surface area (Å²) in [6, 6.07) is 7.76. The molecule has 2 atom stereocenters. The van der Waals surface area contributed by atoms with Crippen molar-refractivity contribution in [1.82, 2.24) is 4.90 Å². The first-order valence-corrected chi connectivity index (χ1v) is 9.60. The number of hydrogen-bond donors (Lipinski definition) is 0. The Kier molecular flexibility index (Phi) is 3.95. The lowest BCUT2D eigenvalue weighted by molar-refractivity contribution is 0.211. The summed E-state index contributed by atoms with van der Waals surface area (Å²) in [5, 5.41) is 0. The molecular weight excluding hydrogens is 288 g/mol. The van der Waals surface area contributed by atoms with E-state index in [0.717, 1.165) is 12.6 Å². The highest BCUT2D eigenvalue weighted by atomic mass is 32.2. The number of piperidine rings is 1. The number of allylic oxidation sites excluding steroid dienone is 1. The maximum atomic E-state index is 2.76. The van der Waals surface area contributed by atoms with Crippen LogP contribution in [0.5, 0.6) is 0 Å². The molecule has 0 radical (unpaired) electrons. The Hall–Kier alpha value is -0.930. The van der Waals surface area contributed by atoms with Gasteiger partial charge in [-0.25, -0.2) is 0 Å². The van der Waals surface area contributed by atoms with E-state index in [4.69, 9.17) is 0 Å². The molecule has 2 unspecified atom stereocenters. The van der Waals surface area contributed by atoms with Crippen molar-refractivity contribution >= 4 is 17.4 Å². The normalized spacial score (nSPS) is 27.1. The average molecular weight is 314 g/mol. The minimum atomic E-state index is 0.716. The van der Waals surface area contributed by atoms with Crippen molar-refractivity contribution < 1.29 is 0 Å². The summed E-state index contributed by atoms with van der Waals surface area (Å²) in [4.78, 5) is 6.93. The lowest BCUT2D eigenvalue weighted by atomic mass is 9.89. The van der Waals surface area contributed by atoms with Crippen LogP contribution in [0.15, 0.2) is 34.7 Å². The molecule has 0 aliphatic carbocycles. The van der Waals surface area contributed by atoms with Gasteiger partial charge in [0.15, 0.2) is 0 Å². The Labute approximate surface area is 138 Å². The summed E-state index contributed by atoms with van der Waals surface area (Å²) in [5.41, 5.74) is 4.64. The molecule has 118 valence electrons. The van der Waals surface area contributed by atoms with Crippen molar-refractivity contribution in [2.75, 3.05) is 36.8 Å². The summed E-state index contributed by atoms with van der Waals surface area (Å²) in [5.74, 6) is 1.99. The molecule has 0 N–H and O–H groups in total. The molecule has 2 nitrogen and oxygen atoms in total. The second kappa shape index (κ2) is 5.93. The van der Waals surface area contributed by atoms with Gasteiger partial charge in [-0.1, -0.05) is 23.8 Å². The molecule has 3 aliphatic rings. The maximum Gasteiger partial charge on any atom is 0.0543 e. The second-order valence-corrected chi connectivity index (χ2v) is 8.23. The van der Waals surface area contributed by atoms with Crippen LogP contribution in [-0.4, -0.2) is 42.9 Å². The van der Waals surface area contributed by atoms with Gasteiger partial charge in [0.1, 0.15) is 0 Å². The second-order valence-electron chi connectivity index (χ2n) is 7.09. The number of likely N-dealkylation sites (tertiary alicyclic amines) is 1. The van der Waals surface area contributed by atoms with Crippen LogP contribution in [0.25, 0.3) is 0 Å². The molecule has 0 bridgehead atoms. The highest BCUT2D eigenvalue weighted by Gasteiger charge is 2.42. The molecule has 0 saturated carbocycles. The standard InChI is InChI=1S/C19H26N2S/c1-14(2)7-10-20-11-8-17-16(13-20)15-5-3-6-18-19(15)21(17)9-4-12-22-18/h3,5-7,16-17H,4,8-13H2,1-2H3. The third kappa shape index (κ3) is 2.48. The third-order valence-electron chi connectivity index (χ3n) is 5.34. The van der Waals surface area contributed by atoms with Gasteiger partial charge in [0.2, 0.25) is 0 Å². The average Bonchev–Trinajstić information content (AvgIpc) is 2.68. The fourth-order valence-electron chi connectivity index (χ4n) is 4.29. The number of thioether (sulfide) groups is 1. The molecule has 0 aromatic heterocycles. The zero-order valence-electron chi connectivity index (χ0n) is 13.7. The highest BCUT2D eigenvalue weighted by Crippen LogP contribution is 2.50. The Morgan fingerprint density at radius 2 is 2.23 bits per heavy atom. The number of nitrogens with zero attached hydrogens (tertiary/aromatic N) is 2. The molecule has 1 fully saturated rings. The van der Waals surface area contributed by atoms with Gasteiger partial charge in [-0.2, -0.15) is 0 Å². The summed E-state index contributed by atoms with van der Waals surface area (Å²) in [7, 11) is 0. The number of rotatable bonds is 2. The first-order chi connectivity index (χ1) is 10.7. The quantitative estimate of drug-likeness (QED) is 0.758. The van der Waals surface area contributed by atoms with Crippen molar-refractivity contribution in [3.05, 3.63) is 35.4 Å². The number of hydrogen-bond acceptors (Lipinski definition) is 3. The lowest BCUT2D eigenvalue weighted by Crippen LogP contribution is -2.46.